The lowest BCUT2D eigenvalue weighted by Gasteiger charge is -2.24. The molecule has 1 heterocycles. The fourth-order valence-corrected chi connectivity index (χ4v) is 2.58. The van der Waals surface area contributed by atoms with Crippen molar-refractivity contribution in [2.24, 2.45) is 0 Å². The highest BCUT2D eigenvalue weighted by Crippen LogP contribution is 2.25. The molecule has 80 valence electrons. The molecule has 0 aromatic carbocycles. The third kappa shape index (κ3) is 3.14. The molecule has 0 bridgehead atoms. The van der Waals surface area contributed by atoms with Gasteiger partial charge >= 0.3 is 0 Å². The van der Waals surface area contributed by atoms with Crippen molar-refractivity contribution in [1.82, 2.24) is 4.98 Å². The summed E-state index contributed by atoms with van der Waals surface area (Å²) in [6.07, 6.45) is 0.937. The first-order chi connectivity index (χ1) is 6.44. The number of aromatic nitrogens is 1. The number of anilines is 1. The van der Waals surface area contributed by atoms with Crippen LogP contribution in [0, 0.1) is 13.8 Å². The van der Waals surface area contributed by atoms with E-state index in [2.05, 4.69) is 31.1 Å². The number of hydrogen-bond donors (Lipinski definition) is 1. The second kappa shape index (κ2) is 4.49. The Kier molecular flexibility index (Phi) is 3.78. The minimum atomic E-state index is 0.0263. The predicted molar refractivity (Wildman–Crippen MR) is 64.6 cm³/mol. The Morgan fingerprint density at radius 2 is 2.07 bits per heavy atom. The summed E-state index contributed by atoms with van der Waals surface area (Å²) in [7, 11) is 0. The fourth-order valence-electron chi connectivity index (χ4n) is 1.11. The molecule has 4 heteroatoms. The molecule has 0 amide bonds. The van der Waals surface area contributed by atoms with Crippen molar-refractivity contribution >= 4 is 28.1 Å². The number of thiazole rings is 1. The van der Waals surface area contributed by atoms with Crippen LogP contribution in [0.2, 0.25) is 0 Å². The fraction of sp³-hybridized carbons (Fsp3) is 0.700. The van der Waals surface area contributed by atoms with Crippen LogP contribution in [-0.4, -0.2) is 16.4 Å². The maximum absolute atomic E-state index is 5.73. The Bertz CT molecular complexity index is 288. The molecule has 2 nitrogen and oxygen atoms in total. The van der Waals surface area contributed by atoms with E-state index in [0.717, 1.165) is 17.2 Å². The Labute approximate surface area is 94.7 Å². The quantitative estimate of drug-likeness (QED) is 0.803. The molecule has 1 aromatic heterocycles. The summed E-state index contributed by atoms with van der Waals surface area (Å²) in [5.74, 6) is 0.670. The van der Waals surface area contributed by atoms with Gasteiger partial charge in [-0.2, -0.15) is 0 Å². The number of aryl methyl sites for hydroxylation is 2. The summed E-state index contributed by atoms with van der Waals surface area (Å²) in [5, 5.41) is 4.40. The van der Waals surface area contributed by atoms with E-state index in [-0.39, 0.29) is 5.54 Å². The molecule has 0 aliphatic heterocycles. The number of halogens is 1. The normalized spacial score (nSPS) is 11.8. The molecular weight excluding hydrogens is 216 g/mol. The molecule has 14 heavy (non-hydrogen) atoms. The first-order valence-electron chi connectivity index (χ1n) is 4.73. The number of nitrogens with one attached hydrogen (secondary N) is 1. The average molecular weight is 233 g/mol. The standard InChI is InChI=1S/C10H17ClN2S/c1-7-8(2)14-9(12-7)13-10(3,4)5-6-11/h5-6H2,1-4H3,(H,12,13). The molecule has 1 rings (SSSR count). The SMILES string of the molecule is Cc1nc(NC(C)(C)CCCl)sc1C. The van der Waals surface area contributed by atoms with Gasteiger partial charge in [-0.15, -0.1) is 22.9 Å². The smallest absolute Gasteiger partial charge is 0.183 e. The Morgan fingerprint density at radius 3 is 2.50 bits per heavy atom. The zero-order valence-corrected chi connectivity index (χ0v) is 10.7. The van der Waals surface area contributed by atoms with Crippen molar-refractivity contribution in [1.29, 1.82) is 0 Å². The summed E-state index contributed by atoms with van der Waals surface area (Å²) in [5.41, 5.74) is 1.14. The topological polar surface area (TPSA) is 24.9 Å². The summed E-state index contributed by atoms with van der Waals surface area (Å²) in [6, 6.07) is 0. The van der Waals surface area contributed by atoms with Crippen LogP contribution in [0.4, 0.5) is 5.13 Å². The number of alkyl halides is 1. The van der Waals surface area contributed by atoms with Crippen LogP contribution >= 0.6 is 22.9 Å². The van der Waals surface area contributed by atoms with E-state index in [1.165, 1.54) is 4.88 Å². The van der Waals surface area contributed by atoms with Gasteiger partial charge < -0.3 is 5.32 Å². The molecule has 0 spiro atoms. The van der Waals surface area contributed by atoms with Crippen LogP contribution in [0.25, 0.3) is 0 Å². The Balaban J connectivity index is 2.68. The molecule has 0 saturated carbocycles. The van der Waals surface area contributed by atoms with Gasteiger partial charge in [0.15, 0.2) is 5.13 Å². The summed E-state index contributed by atoms with van der Waals surface area (Å²) in [6.45, 7) is 8.40. The second-order valence-electron chi connectivity index (χ2n) is 4.11. The summed E-state index contributed by atoms with van der Waals surface area (Å²) in [4.78, 5) is 5.71. The van der Waals surface area contributed by atoms with Crippen LogP contribution in [0.5, 0.6) is 0 Å². The van der Waals surface area contributed by atoms with Crippen LogP contribution in [0.15, 0.2) is 0 Å². The molecule has 0 saturated heterocycles. The van der Waals surface area contributed by atoms with E-state index in [4.69, 9.17) is 11.6 Å². The minimum absolute atomic E-state index is 0.0263. The first-order valence-corrected chi connectivity index (χ1v) is 6.08. The van der Waals surface area contributed by atoms with Crippen molar-refractivity contribution in [2.75, 3.05) is 11.2 Å². The molecule has 0 radical (unpaired) electrons. The van der Waals surface area contributed by atoms with Gasteiger partial charge in [0, 0.05) is 16.3 Å². The van der Waals surface area contributed by atoms with E-state index >= 15 is 0 Å². The monoisotopic (exact) mass is 232 g/mol. The maximum Gasteiger partial charge on any atom is 0.183 e. The first kappa shape index (κ1) is 11.8. The number of hydrogen-bond acceptors (Lipinski definition) is 3. The van der Waals surface area contributed by atoms with Gasteiger partial charge in [0.1, 0.15) is 0 Å². The van der Waals surface area contributed by atoms with Gasteiger partial charge in [0.2, 0.25) is 0 Å². The van der Waals surface area contributed by atoms with Crippen LogP contribution in [0.1, 0.15) is 30.8 Å². The van der Waals surface area contributed by atoms with Gasteiger partial charge in [0.05, 0.1) is 5.69 Å². The highest BCUT2D eigenvalue weighted by Gasteiger charge is 2.18. The second-order valence-corrected chi connectivity index (χ2v) is 5.69. The largest absolute Gasteiger partial charge is 0.357 e. The molecule has 0 unspecified atom stereocenters. The molecule has 1 N–H and O–H groups in total. The zero-order valence-electron chi connectivity index (χ0n) is 9.15. The van der Waals surface area contributed by atoms with Gasteiger partial charge in [-0.3, -0.25) is 0 Å². The highest BCUT2D eigenvalue weighted by molar-refractivity contribution is 7.15. The molecule has 0 fully saturated rings. The molecule has 0 aliphatic rings. The third-order valence-corrected chi connectivity index (χ3v) is 3.37. The van der Waals surface area contributed by atoms with Gasteiger partial charge in [-0.25, -0.2) is 4.98 Å². The molecule has 0 aliphatic carbocycles. The minimum Gasteiger partial charge on any atom is -0.357 e. The molecule has 1 aromatic rings. The average Bonchev–Trinajstić information content (AvgIpc) is 2.29. The summed E-state index contributed by atoms with van der Waals surface area (Å²) < 4.78 is 0. The Hall–Kier alpha value is -0.280. The van der Waals surface area contributed by atoms with Crippen molar-refractivity contribution < 1.29 is 0 Å². The zero-order chi connectivity index (χ0) is 10.8. The van der Waals surface area contributed by atoms with Crippen molar-refractivity contribution in [3.8, 4) is 0 Å². The van der Waals surface area contributed by atoms with Crippen LogP contribution < -0.4 is 5.32 Å². The number of nitrogens with zero attached hydrogens (tertiary/aromatic N) is 1. The van der Waals surface area contributed by atoms with E-state index < -0.39 is 0 Å². The lowest BCUT2D eigenvalue weighted by atomic mass is 10.0. The van der Waals surface area contributed by atoms with E-state index in [9.17, 15) is 0 Å². The lowest BCUT2D eigenvalue weighted by Crippen LogP contribution is -2.31. The summed E-state index contributed by atoms with van der Waals surface area (Å²) >= 11 is 7.43. The van der Waals surface area contributed by atoms with Crippen molar-refractivity contribution in [3.05, 3.63) is 10.6 Å². The van der Waals surface area contributed by atoms with E-state index in [0.29, 0.717) is 5.88 Å². The van der Waals surface area contributed by atoms with Crippen LogP contribution in [0.3, 0.4) is 0 Å². The predicted octanol–water partition coefficient (Wildman–Crippen LogP) is 3.58. The van der Waals surface area contributed by atoms with E-state index in [1.807, 2.05) is 6.92 Å². The maximum atomic E-state index is 5.73. The third-order valence-electron chi connectivity index (χ3n) is 2.19. The molecule has 0 atom stereocenters. The lowest BCUT2D eigenvalue weighted by molar-refractivity contribution is 0.550. The molecular formula is C10H17ClN2S. The Morgan fingerprint density at radius 1 is 1.43 bits per heavy atom. The van der Waals surface area contributed by atoms with Crippen molar-refractivity contribution in [3.63, 3.8) is 0 Å². The number of rotatable bonds is 4. The highest BCUT2D eigenvalue weighted by atomic mass is 35.5. The van der Waals surface area contributed by atoms with Crippen molar-refractivity contribution in [2.45, 2.75) is 39.7 Å². The van der Waals surface area contributed by atoms with Gasteiger partial charge in [-0.05, 0) is 34.1 Å². The van der Waals surface area contributed by atoms with E-state index in [1.54, 1.807) is 11.3 Å². The van der Waals surface area contributed by atoms with Crippen LogP contribution in [-0.2, 0) is 0 Å². The van der Waals surface area contributed by atoms with Gasteiger partial charge in [-0.1, -0.05) is 0 Å². The van der Waals surface area contributed by atoms with Gasteiger partial charge in [0.25, 0.3) is 0 Å².